The maximum Gasteiger partial charge on any atom is 1.00 e. The molecule has 0 bridgehead atoms. The number of aromatic nitrogens is 2. The van der Waals surface area contributed by atoms with Gasteiger partial charge in [-0.2, -0.15) is 4.57 Å². The first kappa shape index (κ1) is 30.1. The number of anilines is 3. The molecule has 0 radical (unpaired) electrons. The number of nitrogens with one attached hydrogen (secondary N) is 1. The van der Waals surface area contributed by atoms with Crippen molar-refractivity contribution in [2.45, 2.75) is 4.90 Å². The maximum absolute atomic E-state index is 12.4. The van der Waals surface area contributed by atoms with Crippen LogP contribution in [-0.2, 0) is 20.4 Å². The Hall–Kier alpha value is -3.87. The van der Waals surface area contributed by atoms with Gasteiger partial charge in [0.2, 0.25) is 16.7 Å². The van der Waals surface area contributed by atoms with Gasteiger partial charge in [-0.3, -0.25) is 0 Å². The number of hydrogen-bond acceptors (Lipinski definition) is 8. The Morgan fingerprint density at radius 1 is 0.878 bits per heavy atom. The summed E-state index contributed by atoms with van der Waals surface area (Å²) in [6.07, 6.45) is 1.16. The van der Waals surface area contributed by atoms with Crippen LogP contribution in [0.4, 0.5) is 17.1 Å². The molecule has 6 aromatic rings. The van der Waals surface area contributed by atoms with Crippen LogP contribution in [0.15, 0.2) is 102 Å². The van der Waals surface area contributed by atoms with Gasteiger partial charge in [-0.25, -0.2) is 13.4 Å². The topological polar surface area (TPSA) is 140 Å². The average molecular weight is 594 g/mol. The van der Waals surface area contributed by atoms with Crippen LogP contribution in [0.25, 0.3) is 38.5 Å². The molecule has 1 heterocycles. The zero-order chi connectivity index (χ0) is 28.4. The van der Waals surface area contributed by atoms with Crippen LogP contribution in [0.5, 0.6) is 0 Å². The Labute approximate surface area is 259 Å². The van der Waals surface area contributed by atoms with E-state index in [4.69, 9.17) is 23.3 Å². The third-order valence-electron chi connectivity index (χ3n) is 6.19. The molecule has 0 atom stereocenters. The van der Waals surface area contributed by atoms with Crippen molar-refractivity contribution in [1.29, 1.82) is 0 Å². The summed E-state index contributed by atoms with van der Waals surface area (Å²) in [4.78, 5) is 5.04. The molecule has 0 saturated heterocycles. The predicted molar refractivity (Wildman–Crippen MR) is 154 cm³/mol. The first-order valence-corrected chi connectivity index (χ1v) is 14.8. The molecule has 9 nitrogen and oxygen atoms in total. The van der Waals surface area contributed by atoms with Crippen molar-refractivity contribution < 1.29 is 55.2 Å². The third kappa shape index (κ3) is 6.39. The quantitative estimate of drug-likeness (QED) is 0.0780. The van der Waals surface area contributed by atoms with Crippen LogP contribution in [0.1, 0.15) is 0 Å². The molecule has 0 saturated carbocycles. The van der Waals surface area contributed by atoms with E-state index in [2.05, 4.69) is 22.0 Å². The van der Waals surface area contributed by atoms with Crippen LogP contribution < -0.4 is 45.2 Å². The minimum atomic E-state index is -3.53. The SMILES string of the molecule is CS(=O)(=O)c1cc2nc3c4ccc[c-]c4c(Nc4ccccc4)cc3[n+](-c3ccccc3)c2cc1N.O=S(=O)=O.[Na+]. The molecule has 5 aromatic carbocycles. The Bertz CT molecular complexity index is 2120. The first-order chi connectivity index (χ1) is 19.1. The normalized spacial score (nSPS) is 11.0. The van der Waals surface area contributed by atoms with Gasteiger partial charge in [-0.05, 0) is 30.0 Å². The first-order valence-electron chi connectivity index (χ1n) is 11.9. The molecule has 41 heavy (non-hydrogen) atoms. The van der Waals surface area contributed by atoms with Gasteiger partial charge in [0, 0.05) is 30.1 Å². The number of fused-ring (bicyclic) bond motifs is 4. The molecule has 6 rings (SSSR count). The molecule has 0 fully saturated rings. The minimum absolute atomic E-state index is 0. The van der Waals surface area contributed by atoms with Gasteiger partial charge in [0.05, 0.1) is 10.6 Å². The van der Waals surface area contributed by atoms with Crippen molar-refractivity contribution in [3.8, 4) is 5.69 Å². The fourth-order valence-corrected chi connectivity index (χ4v) is 5.42. The summed E-state index contributed by atoms with van der Waals surface area (Å²) < 4.78 is 52.2. The van der Waals surface area contributed by atoms with E-state index in [1.165, 1.54) is 0 Å². The van der Waals surface area contributed by atoms with E-state index in [0.29, 0.717) is 11.0 Å². The van der Waals surface area contributed by atoms with Crippen LogP contribution in [0.3, 0.4) is 0 Å². The fourth-order valence-electron chi connectivity index (χ4n) is 4.60. The molecule has 12 heteroatoms. The summed E-state index contributed by atoms with van der Waals surface area (Å²) in [7, 11) is -6.64. The third-order valence-corrected chi connectivity index (χ3v) is 7.34. The molecule has 0 aliphatic rings. The molecule has 200 valence electrons. The summed E-state index contributed by atoms with van der Waals surface area (Å²) in [6.45, 7) is 0. The monoisotopic (exact) mass is 593 g/mol. The van der Waals surface area contributed by atoms with E-state index in [-0.39, 0.29) is 40.1 Å². The summed E-state index contributed by atoms with van der Waals surface area (Å²) in [5.74, 6) is 0. The molecule has 0 amide bonds. The second kappa shape index (κ2) is 12.3. The van der Waals surface area contributed by atoms with Crippen LogP contribution >= 0.6 is 0 Å². The number of rotatable bonds is 4. The summed E-state index contributed by atoms with van der Waals surface area (Å²) in [5.41, 5.74) is 12.0. The van der Waals surface area contributed by atoms with Crippen molar-refractivity contribution in [2.24, 2.45) is 0 Å². The number of para-hydroxylation sites is 2. The number of hydrogen-bond donors (Lipinski definition) is 2. The molecule has 1 aromatic heterocycles. The van der Waals surface area contributed by atoms with E-state index < -0.39 is 20.4 Å². The standard InChI is InChI=1S/C29H21N4O2S.Na.O3S/c1-36(34,35)28-18-25-26(16-23(28)30)33(20-12-6-3-7-13-20)27-17-24(31-19-10-4-2-5-11-19)21-14-8-9-15-22(21)29(27)32-25;;1-4(2)3/h2-13,15-18H,1H3,(H2,30,31);;/q-1;+1;/p+1. The van der Waals surface area contributed by atoms with Crippen molar-refractivity contribution in [3.63, 3.8) is 0 Å². The van der Waals surface area contributed by atoms with E-state index in [1.807, 2.05) is 78.9 Å². The number of sulfone groups is 1. The van der Waals surface area contributed by atoms with Gasteiger partial charge in [-0.1, -0.05) is 41.8 Å². The number of nitrogens with two attached hydrogens (primary N) is 1. The van der Waals surface area contributed by atoms with Crippen molar-refractivity contribution in [1.82, 2.24) is 4.98 Å². The Balaban J connectivity index is 0.000000729. The smallest absolute Gasteiger partial charge is 0.397 e. The van der Waals surface area contributed by atoms with Gasteiger partial charge in [0.25, 0.3) is 0 Å². The van der Waals surface area contributed by atoms with Crippen molar-refractivity contribution in [2.75, 3.05) is 17.3 Å². The number of nitrogens with zero attached hydrogens (tertiary/aromatic N) is 2. The number of nitrogen functional groups attached to an aromatic ring is 1. The Morgan fingerprint density at radius 3 is 2.15 bits per heavy atom. The van der Waals surface area contributed by atoms with Crippen LogP contribution in [0.2, 0.25) is 0 Å². The van der Waals surface area contributed by atoms with E-state index >= 15 is 0 Å². The molecular weight excluding hydrogens is 571 g/mol. The van der Waals surface area contributed by atoms with E-state index in [9.17, 15) is 8.42 Å². The van der Waals surface area contributed by atoms with E-state index in [0.717, 1.165) is 45.1 Å². The minimum Gasteiger partial charge on any atom is -0.397 e. The summed E-state index contributed by atoms with van der Waals surface area (Å²) in [6, 6.07) is 34.3. The van der Waals surface area contributed by atoms with Gasteiger partial charge < -0.3 is 11.1 Å². The second-order valence-electron chi connectivity index (χ2n) is 8.88. The van der Waals surface area contributed by atoms with Crippen LogP contribution in [-0.4, -0.2) is 32.3 Å². The maximum atomic E-state index is 12.4. The molecule has 0 unspecified atom stereocenters. The average Bonchev–Trinajstić information content (AvgIpc) is 2.92. The zero-order valence-electron chi connectivity index (χ0n) is 22.1. The van der Waals surface area contributed by atoms with Crippen molar-refractivity contribution >= 4 is 70.3 Å². The van der Waals surface area contributed by atoms with Gasteiger partial charge in [-0.15, -0.1) is 42.3 Å². The molecule has 0 spiro atoms. The van der Waals surface area contributed by atoms with Gasteiger partial charge in [0.15, 0.2) is 9.84 Å². The Morgan fingerprint density at radius 2 is 1.51 bits per heavy atom. The molecule has 0 aliphatic carbocycles. The van der Waals surface area contributed by atoms with Gasteiger partial charge >= 0.3 is 40.2 Å². The zero-order valence-corrected chi connectivity index (χ0v) is 25.7. The second-order valence-corrected chi connectivity index (χ2v) is 11.3. The summed E-state index contributed by atoms with van der Waals surface area (Å²) in [5, 5.41) is 5.32. The fraction of sp³-hybridized carbons (Fsp3) is 0.0345. The Kier molecular flexibility index (Phi) is 9.05. The predicted octanol–water partition coefficient (Wildman–Crippen LogP) is 1.35. The van der Waals surface area contributed by atoms with Crippen molar-refractivity contribution in [3.05, 3.63) is 103 Å². The van der Waals surface area contributed by atoms with E-state index in [1.54, 1.807) is 12.1 Å². The molecular formula is C29H22N4NaO5S2+. The van der Waals surface area contributed by atoms with Crippen LogP contribution in [0, 0.1) is 6.07 Å². The van der Waals surface area contributed by atoms with Gasteiger partial charge in [0.1, 0.15) is 11.0 Å². The summed E-state index contributed by atoms with van der Waals surface area (Å²) >= 11 is 0. The molecule has 0 aliphatic heterocycles. The number of benzene rings is 5. The largest absolute Gasteiger partial charge is 1.00 e. The molecule has 3 N–H and O–H groups in total.